The van der Waals surface area contributed by atoms with Crippen molar-refractivity contribution < 1.29 is 9.36 Å². The molecule has 0 radical (unpaired) electrons. The average molecular weight is 291 g/mol. The van der Waals surface area contributed by atoms with Crippen LogP contribution in [0.25, 0.3) is 5.69 Å². The van der Waals surface area contributed by atoms with Gasteiger partial charge in [0.15, 0.2) is 0 Å². The molecule has 0 N–H and O–H groups in total. The average Bonchev–Trinajstić information content (AvgIpc) is 2.97. The molecule has 0 bridgehead atoms. The van der Waals surface area contributed by atoms with Crippen LogP contribution in [0.4, 0.5) is 0 Å². The number of nitrogens with zero attached hydrogens (tertiary/aromatic N) is 2. The van der Waals surface area contributed by atoms with Crippen molar-refractivity contribution in [3.63, 3.8) is 0 Å². The van der Waals surface area contributed by atoms with Gasteiger partial charge in [-0.2, -0.15) is 4.57 Å². The van der Waals surface area contributed by atoms with Gasteiger partial charge < -0.3 is 0 Å². The highest BCUT2D eigenvalue weighted by molar-refractivity contribution is 5.98. The lowest BCUT2D eigenvalue weighted by atomic mass is 9.99. The zero-order valence-electron chi connectivity index (χ0n) is 13.1. The van der Waals surface area contributed by atoms with E-state index >= 15 is 0 Å². The molecule has 0 amide bonds. The van der Waals surface area contributed by atoms with Crippen LogP contribution in [-0.2, 0) is 0 Å². The maximum atomic E-state index is 12.8. The molecule has 0 saturated carbocycles. The first-order valence-electron chi connectivity index (χ1n) is 7.33. The summed E-state index contributed by atoms with van der Waals surface area (Å²) in [5.41, 5.74) is 5.02. The van der Waals surface area contributed by atoms with Crippen molar-refractivity contribution >= 4 is 5.91 Å². The molecule has 0 aliphatic carbocycles. The van der Waals surface area contributed by atoms with Crippen molar-refractivity contribution in [1.82, 2.24) is 4.57 Å². The van der Waals surface area contributed by atoms with Crippen molar-refractivity contribution in [1.29, 1.82) is 0 Å². The molecule has 0 fully saturated rings. The van der Waals surface area contributed by atoms with E-state index in [0.29, 0.717) is 0 Å². The summed E-state index contributed by atoms with van der Waals surface area (Å²) >= 11 is 0. The summed E-state index contributed by atoms with van der Waals surface area (Å²) in [6.45, 7) is 6.03. The largest absolute Gasteiger partial charge is 0.346 e. The summed E-state index contributed by atoms with van der Waals surface area (Å²) in [7, 11) is 0. The first-order chi connectivity index (χ1) is 10.6. The lowest BCUT2D eigenvalue weighted by Crippen LogP contribution is -2.28. The lowest BCUT2D eigenvalue weighted by molar-refractivity contribution is -0.594. The second-order valence-electron chi connectivity index (χ2n) is 5.64. The van der Waals surface area contributed by atoms with Gasteiger partial charge in [0, 0.05) is 0 Å². The van der Waals surface area contributed by atoms with Gasteiger partial charge in [0.05, 0.1) is 5.56 Å². The Hall–Kier alpha value is -2.68. The van der Waals surface area contributed by atoms with Gasteiger partial charge in [-0.3, -0.25) is 0 Å². The van der Waals surface area contributed by atoms with E-state index in [1.807, 2.05) is 68.2 Å². The van der Waals surface area contributed by atoms with Crippen LogP contribution in [0, 0.1) is 20.8 Å². The molecule has 1 heterocycles. The topological polar surface area (TPSA) is 25.9 Å². The van der Waals surface area contributed by atoms with Gasteiger partial charge in [-0.25, -0.2) is 9.36 Å². The molecule has 3 rings (SSSR count). The second kappa shape index (κ2) is 5.60. The molecule has 0 atom stereocenters. The van der Waals surface area contributed by atoms with Crippen LogP contribution in [-0.4, -0.2) is 10.5 Å². The van der Waals surface area contributed by atoms with Crippen molar-refractivity contribution in [2.75, 3.05) is 0 Å². The molecule has 3 nitrogen and oxygen atoms in total. The van der Waals surface area contributed by atoms with Crippen molar-refractivity contribution in [3.05, 3.63) is 83.4 Å². The van der Waals surface area contributed by atoms with Crippen LogP contribution in [0.5, 0.6) is 0 Å². The van der Waals surface area contributed by atoms with E-state index in [1.165, 1.54) is 5.56 Å². The van der Waals surface area contributed by atoms with Gasteiger partial charge in [0.1, 0.15) is 18.1 Å². The Morgan fingerprint density at radius 3 is 2.27 bits per heavy atom. The van der Waals surface area contributed by atoms with Gasteiger partial charge >= 0.3 is 5.91 Å². The van der Waals surface area contributed by atoms with Crippen LogP contribution in [0.1, 0.15) is 27.0 Å². The fourth-order valence-corrected chi connectivity index (χ4v) is 2.87. The Morgan fingerprint density at radius 2 is 1.64 bits per heavy atom. The fraction of sp³-hybridized carbons (Fsp3) is 0.158. The first-order valence-corrected chi connectivity index (χ1v) is 7.33. The molecule has 0 unspecified atom stereocenters. The molecule has 0 aliphatic heterocycles. The number of aryl methyl sites for hydroxylation is 3. The summed E-state index contributed by atoms with van der Waals surface area (Å²) in [5.74, 6) is 0.00433. The normalized spacial score (nSPS) is 10.7. The number of carbonyl (C=O) groups excluding carboxylic acids is 1. The Morgan fingerprint density at radius 1 is 1.00 bits per heavy atom. The Bertz CT molecular complexity index is 809. The molecule has 2 aromatic carbocycles. The summed E-state index contributed by atoms with van der Waals surface area (Å²) in [4.78, 5) is 12.8. The number of rotatable bonds is 2. The minimum atomic E-state index is 0.00433. The fourth-order valence-electron chi connectivity index (χ4n) is 2.87. The van der Waals surface area contributed by atoms with Crippen molar-refractivity contribution in [2.24, 2.45) is 0 Å². The molecular formula is C19H19N2O+. The standard InChI is InChI=1S/C19H19N2O/c1-14-11-15(2)18(16(3)12-14)19(22)21-10-9-20(13-21)17-7-5-4-6-8-17/h4-13H,1-3H3/q+1. The van der Waals surface area contributed by atoms with E-state index in [4.69, 9.17) is 0 Å². The van der Waals surface area contributed by atoms with E-state index in [9.17, 15) is 4.79 Å². The highest BCUT2D eigenvalue weighted by atomic mass is 16.2. The zero-order chi connectivity index (χ0) is 15.7. The van der Waals surface area contributed by atoms with E-state index < -0.39 is 0 Å². The summed E-state index contributed by atoms with van der Waals surface area (Å²) in [5, 5.41) is 0. The van der Waals surface area contributed by atoms with E-state index in [0.717, 1.165) is 22.4 Å². The number of aromatic nitrogens is 2. The molecule has 0 spiro atoms. The second-order valence-corrected chi connectivity index (χ2v) is 5.64. The highest BCUT2D eigenvalue weighted by Crippen LogP contribution is 2.17. The van der Waals surface area contributed by atoms with Crippen molar-refractivity contribution in [2.45, 2.75) is 20.8 Å². The molecule has 1 aromatic heterocycles. The number of hydrogen-bond donors (Lipinski definition) is 0. The molecule has 22 heavy (non-hydrogen) atoms. The van der Waals surface area contributed by atoms with Crippen LogP contribution in [0.3, 0.4) is 0 Å². The van der Waals surface area contributed by atoms with E-state index in [1.54, 1.807) is 10.8 Å². The molecular weight excluding hydrogens is 272 g/mol. The first kappa shape index (κ1) is 14.3. The highest BCUT2D eigenvalue weighted by Gasteiger charge is 2.20. The third kappa shape index (κ3) is 2.58. The number of imidazole rings is 1. The SMILES string of the molecule is Cc1cc(C)c(C(=O)n2cc[n+](-c3ccccc3)c2)c(C)c1. The third-order valence-electron chi connectivity index (χ3n) is 3.82. The lowest BCUT2D eigenvalue weighted by Gasteiger charge is -2.07. The van der Waals surface area contributed by atoms with E-state index in [2.05, 4.69) is 12.1 Å². The Labute approximate surface area is 130 Å². The van der Waals surface area contributed by atoms with Gasteiger partial charge in [0.2, 0.25) is 0 Å². The summed E-state index contributed by atoms with van der Waals surface area (Å²) in [6, 6.07) is 14.1. The maximum absolute atomic E-state index is 12.8. The minimum absolute atomic E-state index is 0.00433. The van der Waals surface area contributed by atoms with Crippen LogP contribution in [0.15, 0.2) is 61.2 Å². The van der Waals surface area contributed by atoms with Crippen LogP contribution >= 0.6 is 0 Å². The predicted molar refractivity (Wildman–Crippen MR) is 86.3 cm³/mol. The molecule has 0 saturated heterocycles. The number of benzene rings is 2. The van der Waals surface area contributed by atoms with Gasteiger partial charge in [0.25, 0.3) is 6.33 Å². The van der Waals surface area contributed by atoms with Gasteiger partial charge in [-0.15, -0.1) is 0 Å². The van der Waals surface area contributed by atoms with Crippen LogP contribution < -0.4 is 4.57 Å². The Balaban J connectivity index is 1.99. The monoisotopic (exact) mass is 291 g/mol. The maximum Gasteiger partial charge on any atom is 0.346 e. The molecule has 110 valence electrons. The Kier molecular flexibility index (Phi) is 3.63. The summed E-state index contributed by atoms with van der Waals surface area (Å²) < 4.78 is 3.58. The predicted octanol–water partition coefficient (Wildman–Crippen LogP) is 3.38. The molecule has 0 aliphatic rings. The van der Waals surface area contributed by atoms with Crippen LogP contribution in [0.2, 0.25) is 0 Å². The number of para-hydroxylation sites is 1. The van der Waals surface area contributed by atoms with Gasteiger partial charge in [-0.05, 0) is 44.0 Å². The number of carbonyl (C=O) groups is 1. The molecule has 3 heteroatoms. The third-order valence-corrected chi connectivity index (χ3v) is 3.82. The quantitative estimate of drug-likeness (QED) is 0.665. The minimum Gasteiger partial charge on any atom is -0.240 e. The zero-order valence-corrected chi connectivity index (χ0v) is 13.1. The van der Waals surface area contributed by atoms with Gasteiger partial charge in [-0.1, -0.05) is 35.9 Å². The smallest absolute Gasteiger partial charge is 0.240 e. The van der Waals surface area contributed by atoms with Crippen molar-refractivity contribution in [3.8, 4) is 5.69 Å². The number of hydrogen-bond acceptors (Lipinski definition) is 1. The molecule has 3 aromatic rings. The van der Waals surface area contributed by atoms with E-state index in [-0.39, 0.29) is 5.91 Å². The summed E-state index contributed by atoms with van der Waals surface area (Å²) in [6.07, 6.45) is 5.51.